The number of benzene rings is 2. The Balaban J connectivity index is 1.44. The first-order valence-electron chi connectivity index (χ1n) is 11.2. The number of carbonyl (C=O) groups is 2. The second-order valence-corrected chi connectivity index (χ2v) is 9.47. The summed E-state index contributed by atoms with van der Waals surface area (Å²) in [6.07, 6.45) is -1.74. The molecule has 6 atom stereocenters. The van der Waals surface area contributed by atoms with Gasteiger partial charge in [-0.05, 0) is 73.3 Å². The maximum atomic E-state index is 13.6. The van der Waals surface area contributed by atoms with Crippen LogP contribution in [0.1, 0.15) is 24.8 Å². The van der Waals surface area contributed by atoms with E-state index in [0.29, 0.717) is 17.6 Å². The number of nitrogens with zero attached hydrogens (tertiary/aromatic N) is 1. The highest BCUT2D eigenvalue weighted by Gasteiger charge is 2.68. The van der Waals surface area contributed by atoms with Crippen LogP contribution in [0.5, 0.6) is 17.2 Å². The van der Waals surface area contributed by atoms with Crippen LogP contribution in [-0.4, -0.2) is 18.9 Å². The summed E-state index contributed by atoms with van der Waals surface area (Å²) in [6.45, 7) is 0. The lowest BCUT2D eigenvalue weighted by Gasteiger charge is -2.42. The number of rotatable bonds is 4. The number of imide groups is 1. The van der Waals surface area contributed by atoms with Gasteiger partial charge in [0.25, 0.3) is 0 Å². The number of halogens is 3. The van der Waals surface area contributed by atoms with Crippen LogP contribution in [0.25, 0.3) is 0 Å². The number of anilines is 1. The van der Waals surface area contributed by atoms with E-state index in [2.05, 4.69) is 0 Å². The van der Waals surface area contributed by atoms with Crippen molar-refractivity contribution in [3.05, 3.63) is 48.0 Å². The van der Waals surface area contributed by atoms with E-state index in [1.165, 1.54) is 13.2 Å². The Morgan fingerprint density at radius 2 is 1.45 bits per heavy atom. The molecule has 0 spiro atoms. The van der Waals surface area contributed by atoms with Gasteiger partial charge in [-0.1, -0.05) is 12.1 Å². The minimum absolute atomic E-state index is 0.00496. The Labute approximate surface area is 188 Å². The van der Waals surface area contributed by atoms with Gasteiger partial charge in [0.1, 0.15) is 0 Å². The van der Waals surface area contributed by atoms with Crippen LogP contribution in [-0.2, 0) is 15.8 Å². The molecule has 1 saturated heterocycles. The third-order valence-electron chi connectivity index (χ3n) is 7.96. The third-order valence-corrected chi connectivity index (χ3v) is 7.96. The van der Waals surface area contributed by atoms with Gasteiger partial charge in [-0.25, -0.2) is 4.90 Å². The Kier molecular flexibility index (Phi) is 4.35. The van der Waals surface area contributed by atoms with Gasteiger partial charge < -0.3 is 9.47 Å². The number of hydrogen-bond acceptors (Lipinski definition) is 4. The zero-order chi connectivity index (χ0) is 23.1. The average molecular weight is 457 g/mol. The summed E-state index contributed by atoms with van der Waals surface area (Å²) in [5, 5.41) is 0. The molecular weight excluding hydrogens is 435 g/mol. The van der Waals surface area contributed by atoms with Gasteiger partial charge in [-0.3, -0.25) is 9.59 Å². The second kappa shape index (κ2) is 6.98. The Bertz CT molecular complexity index is 1130. The number of fused-ring (bicyclic) bond motifs is 1. The molecule has 2 amide bonds. The molecular formula is C25H22F3NO4. The Morgan fingerprint density at radius 1 is 0.848 bits per heavy atom. The summed E-state index contributed by atoms with van der Waals surface area (Å²) in [4.78, 5) is 28.0. The quantitative estimate of drug-likeness (QED) is 0.586. The largest absolute Gasteiger partial charge is 0.493 e. The summed E-state index contributed by atoms with van der Waals surface area (Å²) in [5.74, 6) is 0.260. The summed E-state index contributed by atoms with van der Waals surface area (Å²) in [7, 11) is 1.45. The van der Waals surface area contributed by atoms with E-state index in [1.54, 1.807) is 24.3 Å². The number of hydrogen-bond donors (Lipinski definition) is 0. The van der Waals surface area contributed by atoms with Crippen LogP contribution >= 0.6 is 0 Å². The topological polar surface area (TPSA) is 55.8 Å². The summed E-state index contributed by atoms with van der Waals surface area (Å²) in [5.41, 5.74) is -1.10. The molecule has 2 aromatic carbocycles. The molecule has 5 fully saturated rings. The number of ether oxygens (including phenoxy) is 2. The van der Waals surface area contributed by atoms with Crippen LogP contribution in [0.15, 0.2) is 42.5 Å². The van der Waals surface area contributed by atoms with Crippen LogP contribution in [0.4, 0.5) is 18.9 Å². The van der Waals surface area contributed by atoms with E-state index in [1.807, 2.05) is 0 Å². The zero-order valence-corrected chi connectivity index (χ0v) is 17.8. The van der Waals surface area contributed by atoms with Gasteiger partial charge in [0.05, 0.1) is 30.2 Å². The molecule has 2 aromatic rings. The monoisotopic (exact) mass is 457 g/mol. The summed E-state index contributed by atoms with van der Waals surface area (Å²) < 4.78 is 51.9. The average Bonchev–Trinajstić information content (AvgIpc) is 3.57. The van der Waals surface area contributed by atoms with Gasteiger partial charge in [0, 0.05) is 0 Å². The lowest BCUT2D eigenvalue weighted by molar-refractivity contribution is -0.137. The fourth-order valence-corrected chi connectivity index (χ4v) is 6.55. The molecule has 172 valence electrons. The van der Waals surface area contributed by atoms with E-state index < -0.39 is 35.4 Å². The van der Waals surface area contributed by atoms with Gasteiger partial charge >= 0.3 is 6.18 Å². The fraction of sp³-hybridized carbons (Fsp3) is 0.440. The predicted octanol–water partition coefficient (Wildman–Crippen LogP) is 5.29. The van der Waals surface area contributed by atoms with E-state index >= 15 is 0 Å². The number of carbonyl (C=O) groups excluding carboxylic acids is 2. The molecule has 4 saturated carbocycles. The molecule has 2 bridgehead atoms. The van der Waals surface area contributed by atoms with Gasteiger partial charge in [0.2, 0.25) is 11.8 Å². The van der Waals surface area contributed by atoms with Crippen molar-refractivity contribution in [2.75, 3.05) is 12.0 Å². The molecule has 8 heteroatoms. The van der Waals surface area contributed by atoms with Crippen molar-refractivity contribution in [1.29, 1.82) is 0 Å². The summed E-state index contributed by atoms with van der Waals surface area (Å²) >= 11 is 0. The van der Waals surface area contributed by atoms with Crippen LogP contribution < -0.4 is 14.4 Å². The van der Waals surface area contributed by atoms with Gasteiger partial charge in [-0.2, -0.15) is 13.2 Å². The van der Waals surface area contributed by atoms with Crippen molar-refractivity contribution < 1.29 is 32.2 Å². The van der Waals surface area contributed by atoms with Crippen molar-refractivity contribution in [1.82, 2.24) is 0 Å². The molecule has 1 unspecified atom stereocenters. The molecule has 0 N–H and O–H groups in total. The van der Waals surface area contributed by atoms with Crippen molar-refractivity contribution in [3.63, 3.8) is 0 Å². The Morgan fingerprint density at radius 3 is 2.03 bits per heavy atom. The van der Waals surface area contributed by atoms with Crippen LogP contribution in [0.2, 0.25) is 0 Å². The van der Waals surface area contributed by atoms with Gasteiger partial charge in [0.15, 0.2) is 17.2 Å². The third kappa shape index (κ3) is 2.99. The van der Waals surface area contributed by atoms with E-state index in [0.717, 1.165) is 36.3 Å². The highest BCUT2D eigenvalue weighted by Crippen LogP contribution is 2.68. The smallest absolute Gasteiger partial charge is 0.416 e. The Hall–Kier alpha value is -3.03. The van der Waals surface area contributed by atoms with Crippen molar-refractivity contribution in [2.45, 2.75) is 25.4 Å². The fourth-order valence-electron chi connectivity index (χ4n) is 6.55. The first-order chi connectivity index (χ1) is 15.8. The lowest BCUT2D eigenvalue weighted by Crippen LogP contribution is -2.43. The molecule has 1 aliphatic heterocycles. The minimum Gasteiger partial charge on any atom is -0.493 e. The zero-order valence-electron chi connectivity index (χ0n) is 17.8. The molecule has 7 rings (SSSR count). The highest BCUT2D eigenvalue weighted by atomic mass is 19.4. The lowest BCUT2D eigenvalue weighted by atomic mass is 9.59. The SMILES string of the molecule is COc1ccccc1Oc1ccc(C(F)(F)F)cc1N1C(=O)[C@@H]2[C@@H]3CC[C@@H](C4C[C@@H]43)[C@@H]2C1=O. The van der Waals surface area contributed by atoms with E-state index in [9.17, 15) is 22.8 Å². The molecule has 5 aliphatic rings. The van der Waals surface area contributed by atoms with E-state index in [-0.39, 0.29) is 29.0 Å². The molecule has 1 heterocycles. The molecule has 4 aliphatic carbocycles. The molecule has 0 aromatic heterocycles. The predicted molar refractivity (Wildman–Crippen MR) is 112 cm³/mol. The number of alkyl halides is 3. The van der Waals surface area contributed by atoms with E-state index in [4.69, 9.17) is 9.47 Å². The van der Waals surface area contributed by atoms with Crippen molar-refractivity contribution in [3.8, 4) is 17.2 Å². The first kappa shape index (κ1) is 20.6. The second-order valence-electron chi connectivity index (χ2n) is 9.47. The highest BCUT2D eigenvalue weighted by molar-refractivity contribution is 6.23. The minimum atomic E-state index is -4.63. The maximum absolute atomic E-state index is 13.6. The summed E-state index contributed by atoms with van der Waals surface area (Å²) in [6, 6.07) is 9.61. The molecule has 0 radical (unpaired) electrons. The molecule has 33 heavy (non-hydrogen) atoms. The van der Waals surface area contributed by atoms with Crippen molar-refractivity contribution in [2.24, 2.45) is 35.5 Å². The number of methoxy groups -OCH3 is 1. The first-order valence-corrected chi connectivity index (χ1v) is 11.2. The van der Waals surface area contributed by atoms with Crippen molar-refractivity contribution >= 4 is 17.5 Å². The number of amides is 2. The van der Waals surface area contributed by atoms with Crippen LogP contribution in [0.3, 0.4) is 0 Å². The standard InChI is InChI=1S/C25H22F3NO4/c1-32-19-4-2-3-5-20(19)33-18-9-6-12(25(26,27)28)10-17(18)29-23(30)21-13-7-8-14(16-11-15(13)16)22(21)24(29)31/h2-6,9-10,13-16,21-22H,7-8,11H2,1H3/t13-,14+,15-,16?,21-,22+/m1/s1. The normalized spacial score (nSPS) is 31.9. The van der Waals surface area contributed by atoms with Gasteiger partial charge in [-0.15, -0.1) is 0 Å². The maximum Gasteiger partial charge on any atom is 0.416 e. The van der Waals surface area contributed by atoms with Crippen LogP contribution in [0, 0.1) is 35.5 Å². The molecule has 5 nitrogen and oxygen atoms in total. The number of para-hydroxylation sites is 2.